The molecule has 1 aromatic rings. The van der Waals surface area contributed by atoms with Gasteiger partial charge in [0, 0.05) is 212 Å². The number of thioether (sulfide) groups is 3. The van der Waals surface area contributed by atoms with Gasteiger partial charge in [0.05, 0.1) is 11.5 Å². The van der Waals surface area contributed by atoms with Crippen LogP contribution in [0.15, 0.2) is 40.8 Å². The molecule has 0 unspecified atom stereocenters. The highest BCUT2D eigenvalue weighted by Gasteiger charge is 2.19. The summed E-state index contributed by atoms with van der Waals surface area (Å²) in [7, 11) is 20.0. The van der Waals surface area contributed by atoms with Crippen molar-refractivity contribution in [2.24, 2.45) is 7.05 Å². The van der Waals surface area contributed by atoms with Crippen LogP contribution in [0.25, 0.3) is 0 Å². The summed E-state index contributed by atoms with van der Waals surface area (Å²) in [5.41, 5.74) is 0.0347. The van der Waals surface area contributed by atoms with Crippen LogP contribution in [0.3, 0.4) is 0 Å². The van der Waals surface area contributed by atoms with Gasteiger partial charge in [0.25, 0.3) is 5.24 Å². The summed E-state index contributed by atoms with van der Waals surface area (Å²) in [5.74, 6) is 4.96. The molecule has 0 atom stereocenters. The molecule has 0 aromatic carbocycles. The normalized spacial score (nSPS) is 19.9. The fourth-order valence-corrected chi connectivity index (χ4v) is 10.0. The van der Waals surface area contributed by atoms with Gasteiger partial charge < -0.3 is 69.5 Å². The molecule has 10 aliphatic rings. The number of aryl methyl sites for hydroxylation is 1. The van der Waals surface area contributed by atoms with E-state index in [1.54, 1.807) is 103 Å². The highest BCUT2D eigenvalue weighted by atomic mass is 32.2. The van der Waals surface area contributed by atoms with E-state index in [0.717, 1.165) is 154 Å². The second-order valence-electron chi connectivity index (χ2n) is 21.1. The van der Waals surface area contributed by atoms with Gasteiger partial charge in [-0.05, 0) is 62.8 Å². The van der Waals surface area contributed by atoms with Gasteiger partial charge in [-0.25, -0.2) is 14.4 Å². The van der Waals surface area contributed by atoms with Crippen LogP contribution in [0.5, 0.6) is 0 Å². The maximum absolute atomic E-state index is 10.9. The molecule has 28 heteroatoms. The van der Waals surface area contributed by atoms with Crippen LogP contribution in [0.1, 0.15) is 83.5 Å². The van der Waals surface area contributed by atoms with Crippen LogP contribution in [0.4, 0.5) is 19.2 Å². The number of urea groups is 3. The SMILES string of the molecule is CN1C=CSCC1=O.CN1CCC1=O.CN1CCCC1=O.CN1CCCCC1=O.CN1CCCCCC1=O.CN1CCCCNC1=O.CN1CCCNC1=O.CN1CCNC1=O.CN1CCSC1=O.CN1CCSCC1=O.Cn1ccccc1=O. The summed E-state index contributed by atoms with van der Waals surface area (Å²) >= 11 is 4.64. The third-order valence-electron chi connectivity index (χ3n) is 13.8. The number of likely N-dealkylation sites (N-methyl/N-ethyl adjacent to an activating group) is 1. The highest BCUT2D eigenvalue weighted by molar-refractivity contribution is 8.13. The van der Waals surface area contributed by atoms with E-state index in [-0.39, 0.29) is 46.6 Å². The minimum absolute atomic E-state index is 0.0347. The third kappa shape index (κ3) is 35.8. The van der Waals surface area contributed by atoms with Gasteiger partial charge in [-0.15, -0.1) is 11.8 Å². The molecule has 11 heterocycles. The number of nitrogens with one attached hydrogen (secondary N) is 3. The van der Waals surface area contributed by atoms with Crippen LogP contribution < -0.4 is 21.5 Å². The number of amides is 13. The summed E-state index contributed by atoms with van der Waals surface area (Å²) in [6.07, 6.45) is 16.6. The van der Waals surface area contributed by atoms with E-state index in [1.807, 2.05) is 65.7 Å². The van der Waals surface area contributed by atoms with E-state index in [4.69, 9.17) is 0 Å². The zero-order chi connectivity index (χ0) is 63.7. The van der Waals surface area contributed by atoms with Gasteiger partial charge >= 0.3 is 18.1 Å². The summed E-state index contributed by atoms with van der Waals surface area (Å²) in [4.78, 5) is 134. The lowest BCUT2D eigenvalue weighted by atomic mass is 10.1. The lowest BCUT2D eigenvalue weighted by Crippen LogP contribution is -2.43. The topological polar surface area (TPSA) is 261 Å². The molecule has 3 N–H and O–H groups in total. The van der Waals surface area contributed by atoms with E-state index in [1.165, 1.54) is 53.4 Å². The molecule has 0 bridgehead atoms. The first-order valence-corrected chi connectivity index (χ1v) is 32.3. The molecule has 9 fully saturated rings. The molecule has 0 aliphatic carbocycles. The molecule has 0 saturated carbocycles. The highest BCUT2D eigenvalue weighted by Crippen LogP contribution is 2.14. The zero-order valence-electron chi connectivity index (χ0n) is 52.6. The summed E-state index contributed by atoms with van der Waals surface area (Å²) < 4.78 is 1.53. The standard InChI is InChI=1S/C7H13NO.C6H12N2O.C6H11NO.C6H7NO.C5H10N2O.C5H9NOS.C5H7NOS.C5H9NO.C4H8N2O.C4H7NOS.C4H7NO/c1-8-6-4-2-3-5-7(8)9;1-8-5-3-2-4-7-6(8)9;2*1-7-5-3-2-4-6(7)8;1-7-4-2-3-6-5(7)8;2*1-6-2-3-8-4-5(6)7;1-6-4-2-3-5(6)7;1-6-3-2-5-4(6)7;1-5-2-3-7-4(5)6;1-5-3-2-4(5)6/h2-6H2,1H3;2-5H2,1H3,(H,7,9);2-5H2,1H3;2-5H,1H3;2-4H2,1H3,(H,6,8);2-4H2,1H3;2-3H,4H2,1H3;2-4H2,1H3;2-3H2,1H3,(H,5,7);2-3H2,1H3;2-3H2,1H3. The van der Waals surface area contributed by atoms with Crippen LogP contribution in [0, 0.1) is 0 Å². The summed E-state index contributed by atoms with van der Waals surface area (Å²) in [6, 6.07) is 5.23. The van der Waals surface area contributed by atoms with Gasteiger partial charge in [0.2, 0.25) is 41.0 Å². The van der Waals surface area contributed by atoms with Crippen molar-refractivity contribution in [3.63, 3.8) is 0 Å². The molecule has 11 rings (SSSR count). The molecular weight excluding hydrogens is 1150 g/mol. The van der Waals surface area contributed by atoms with Gasteiger partial charge in [-0.1, -0.05) is 24.2 Å². The van der Waals surface area contributed by atoms with E-state index in [2.05, 4.69) is 16.0 Å². The number of nitrogens with zero attached hydrogens (tertiary/aromatic N) is 11. The Labute approximate surface area is 518 Å². The molecule has 25 nitrogen and oxygen atoms in total. The number of piperidine rings is 1. The molecule has 85 heavy (non-hydrogen) atoms. The quantitative estimate of drug-likeness (QED) is 0.312. The number of hydrogen-bond donors (Lipinski definition) is 3. The van der Waals surface area contributed by atoms with E-state index >= 15 is 0 Å². The first kappa shape index (κ1) is 76.9. The second kappa shape index (κ2) is 45.2. The maximum atomic E-state index is 10.9. The van der Waals surface area contributed by atoms with Crippen molar-refractivity contribution in [1.82, 2.24) is 69.5 Å². The molecule has 482 valence electrons. The zero-order valence-corrected chi connectivity index (χ0v) is 55.1. The average molecular weight is 1250 g/mol. The monoisotopic (exact) mass is 1250 g/mol. The molecule has 10 aliphatic heterocycles. The number of carbonyl (C=O) groups excluding carboxylic acids is 10. The van der Waals surface area contributed by atoms with Crippen molar-refractivity contribution in [3.8, 4) is 0 Å². The van der Waals surface area contributed by atoms with Crippen molar-refractivity contribution in [1.29, 1.82) is 0 Å². The molecule has 13 amide bonds. The fraction of sp³-hybridized carbons (Fsp3) is 0.702. The average Bonchev–Trinajstić information content (AvgIpc) is 4.11. The lowest BCUT2D eigenvalue weighted by Gasteiger charge is -2.24. The first-order chi connectivity index (χ1) is 40.3. The van der Waals surface area contributed by atoms with Crippen LogP contribution in [0.2, 0.25) is 0 Å². The van der Waals surface area contributed by atoms with Gasteiger partial charge in [-0.3, -0.25) is 38.4 Å². The first-order valence-electron chi connectivity index (χ1n) is 29.1. The van der Waals surface area contributed by atoms with Crippen molar-refractivity contribution >= 4 is 94.1 Å². The largest absolute Gasteiger partial charge is 0.346 e. The number of likely N-dealkylation sites (tertiary alicyclic amines) is 4. The minimum Gasteiger partial charge on any atom is -0.346 e. The molecule has 1 aromatic heterocycles. The Morgan fingerprint density at radius 2 is 0.835 bits per heavy atom. The second-order valence-corrected chi connectivity index (χ2v) is 24.1. The van der Waals surface area contributed by atoms with E-state index in [0.29, 0.717) is 29.2 Å². The Kier molecular flexibility index (Phi) is 40.9. The maximum Gasteiger partial charge on any atom is 0.317 e. The Morgan fingerprint density at radius 1 is 0.376 bits per heavy atom. The predicted octanol–water partition coefficient (Wildman–Crippen LogP) is 3.85. The van der Waals surface area contributed by atoms with Crippen molar-refractivity contribution in [2.45, 2.75) is 83.5 Å². The van der Waals surface area contributed by atoms with Crippen molar-refractivity contribution in [3.05, 3.63) is 46.4 Å². The van der Waals surface area contributed by atoms with Gasteiger partial charge in [-0.2, -0.15) is 11.8 Å². The molecule has 9 saturated heterocycles. The third-order valence-corrected chi connectivity index (χ3v) is 16.4. The number of pyridine rings is 1. The summed E-state index contributed by atoms with van der Waals surface area (Å²) in [6.45, 7) is 10.8. The van der Waals surface area contributed by atoms with Crippen LogP contribution >= 0.6 is 35.3 Å². The van der Waals surface area contributed by atoms with Crippen molar-refractivity contribution < 1.29 is 47.9 Å². The van der Waals surface area contributed by atoms with Gasteiger partial charge in [0.1, 0.15) is 0 Å². The molecular formula is C57H100N14O11S3. The van der Waals surface area contributed by atoms with E-state index < -0.39 is 0 Å². The number of carbonyl (C=O) groups is 10. The van der Waals surface area contributed by atoms with Crippen molar-refractivity contribution in [2.75, 3.05) is 172 Å². The minimum atomic E-state index is 0.0347. The molecule has 0 spiro atoms. The number of hydrogen-bond acceptors (Lipinski definition) is 14. The number of aromatic nitrogens is 1. The lowest BCUT2D eigenvalue weighted by molar-refractivity contribution is -0.138. The van der Waals surface area contributed by atoms with Crippen LogP contribution in [-0.4, -0.2) is 284 Å². The summed E-state index contributed by atoms with van der Waals surface area (Å²) in [5, 5.41) is 10.3. The Hall–Kier alpha value is -6.16. The Bertz CT molecular complexity index is 2170. The number of β-lactam (4-membered cyclic amide) rings is 1. The number of rotatable bonds is 0. The smallest absolute Gasteiger partial charge is 0.317 e. The Morgan fingerprint density at radius 3 is 1.18 bits per heavy atom. The fourth-order valence-electron chi connectivity index (χ4n) is 7.50. The molecule has 0 radical (unpaired) electrons. The Balaban J connectivity index is 0.000000468. The van der Waals surface area contributed by atoms with E-state index in [9.17, 15) is 52.7 Å². The van der Waals surface area contributed by atoms with Crippen LogP contribution in [-0.2, 0) is 35.8 Å². The predicted molar refractivity (Wildman–Crippen MR) is 340 cm³/mol. The van der Waals surface area contributed by atoms with Gasteiger partial charge in [0.15, 0.2) is 0 Å².